The standard InChI is InChI=1S/C25H29ClN6O2/c1-14-6-8-15(9-7-14)13-32-20-19(17-4-2-3-5-18(26)12-17)27-22(23-30-25(33)34-31-23)28-21(20)29-24(32)16-10-11-16/h2,4,12,14-16,18H,3,5-11,13H2,1H3,(H,30,31,33)/t14-,15-,18-/m1/s1. The van der Waals surface area contributed by atoms with Crippen LogP contribution in [0.15, 0.2) is 27.5 Å². The first-order chi connectivity index (χ1) is 16.5. The monoisotopic (exact) mass is 480 g/mol. The van der Waals surface area contributed by atoms with Crippen LogP contribution in [-0.4, -0.2) is 35.0 Å². The number of rotatable bonds is 5. The second kappa shape index (κ2) is 8.80. The van der Waals surface area contributed by atoms with Gasteiger partial charge < -0.3 is 4.57 Å². The van der Waals surface area contributed by atoms with Crippen molar-refractivity contribution < 1.29 is 4.52 Å². The molecule has 178 valence electrons. The summed E-state index contributed by atoms with van der Waals surface area (Å²) in [6.45, 7) is 3.29. The predicted molar refractivity (Wildman–Crippen MR) is 131 cm³/mol. The van der Waals surface area contributed by atoms with E-state index in [0.717, 1.165) is 60.8 Å². The molecular weight excluding hydrogens is 452 g/mol. The quantitative estimate of drug-likeness (QED) is 0.502. The van der Waals surface area contributed by atoms with Crippen LogP contribution >= 0.6 is 11.6 Å². The molecule has 0 aliphatic heterocycles. The van der Waals surface area contributed by atoms with Crippen molar-refractivity contribution in [2.45, 2.75) is 76.1 Å². The predicted octanol–water partition coefficient (Wildman–Crippen LogP) is 5.21. The van der Waals surface area contributed by atoms with Gasteiger partial charge in [0.05, 0.1) is 5.38 Å². The molecule has 0 saturated heterocycles. The number of allylic oxidation sites excluding steroid dienone is 4. The van der Waals surface area contributed by atoms with E-state index < -0.39 is 5.76 Å². The highest BCUT2D eigenvalue weighted by molar-refractivity contribution is 6.22. The van der Waals surface area contributed by atoms with Gasteiger partial charge in [-0.3, -0.25) is 9.51 Å². The van der Waals surface area contributed by atoms with Crippen molar-refractivity contribution in [3.63, 3.8) is 0 Å². The first-order valence-electron chi connectivity index (χ1n) is 12.4. The first-order valence-corrected chi connectivity index (χ1v) is 12.9. The lowest BCUT2D eigenvalue weighted by molar-refractivity contribution is 0.265. The average Bonchev–Trinajstić information content (AvgIpc) is 3.53. The molecule has 6 rings (SSSR count). The molecule has 3 aliphatic rings. The largest absolute Gasteiger partial charge is 0.439 e. The van der Waals surface area contributed by atoms with Crippen molar-refractivity contribution >= 4 is 28.3 Å². The fourth-order valence-electron chi connectivity index (χ4n) is 5.25. The molecule has 0 unspecified atom stereocenters. The lowest BCUT2D eigenvalue weighted by Crippen LogP contribution is -2.19. The Balaban J connectivity index is 1.54. The van der Waals surface area contributed by atoms with Gasteiger partial charge in [0.2, 0.25) is 11.6 Å². The highest BCUT2D eigenvalue weighted by Crippen LogP contribution is 2.43. The molecule has 3 heterocycles. The zero-order chi connectivity index (χ0) is 23.2. The number of nitrogens with one attached hydrogen (secondary N) is 1. The molecular formula is C25H29ClN6O2. The van der Waals surface area contributed by atoms with E-state index in [1.807, 2.05) is 0 Å². The molecule has 0 amide bonds. The molecule has 2 fully saturated rings. The molecule has 8 nitrogen and oxygen atoms in total. The molecule has 1 atom stereocenters. The lowest BCUT2D eigenvalue weighted by Gasteiger charge is -2.27. The lowest BCUT2D eigenvalue weighted by atomic mass is 9.83. The van der Waals surface area contributed by atoms with E-state index in [1.54, 1.807) is 0 Å². The van der Waals surface area contributed by atoms with E-state index in [0.29, 0.717) is 23.3 Å². The van der Waals surface area contributed by atoms with Gasteiger partial charge in [0, 0.05) is 12.5 Å². The van der Waals surface area contributed by atoms with Gasteiger partial charge in [0.1, 0.15) is 17.0 Å². The van der Waals surface area contributed by atoms with Crippen LogP contribution in [-0.2, 0) is 6.54 Å². The molecule has 0 aromatic carbocycles. The molecule has 34 heavy (non-hydrogen) atoms. The molecule has 1 N–H and O–H groups in total. The minimum atomic E-state index is -0.634. The van der Waals surface area contributed by atoms with Gasteiger partial charge in [0.15, 0.2) is 5.65 Å². The summed E-state index contributed by atoms with van der Waals surface area (Å²) >= 11 is 6.59. The fraction of sp³-hybridized carbons (Fsp3) is 0.560. The fourth-order valence-corrected chi connectivity index (χ4v) is 5.51. The van der Waals surface area contributed by atoms with Gasteiger partial charge in [-0.15, -0.1) is 11.6 Å². The van der Waals surface area contributed by atoms with Crippen LogP contribution in [0.5, 0.6) is 0 Å². The maximum absolute atomic E-state index is 11.6. The number of alkyl halides is 1. The van der Waals surface area contributed by atoms with Crippen molar-refractivity contribution in [1.29, 1.82) is 0 Å². The van der Waals surface area contributed by atoms with Crippen LogP contribution in [0.2, 0.25) is 0 Å². The van der Waals surface area contributed by atoms with Crippen molar-refractivity contribution in [3.05, 3.63) is 40.3 Å². The van der Waals surface area contributed by atoms with Gasteiger partial charge in [-0.05, 0) is 55.9 Å². The summed E-state index contributed by atoms with van der Waals surface area (Å²) in [6.07, 6.45) is 15.5. The third-order valence-corrected chi connectivity index (χ3v) is 7.69. The number of H-pyrrole nitrogens is 1. The highest BCUT2D eigenvalue weighted by atomic mass is 35.5. The molecule has 3 aromatic rings. The number of imidazole rings is 1. The minimum absolute atomic E-state index is 0.0792. The van der Waals surface area contributed by atoms with Crippen LogP contribution in [0.3, 0.4) is 0 Å². The summed E-state index contributed by atoms with van der Waals surface area (Å²) in [5.74, 6) is 2.89. The van der Waals surface area contributed by atoms with Crippen LogP contribution in [0.4, 0.5) is 0 Å². The Morgan fingerprint density at radius 2 is 1.94 bits per heavy atom. The number of aromatic nitrogens is 6. The van der Waals surface area contributed by atoms with Gasteiger partial charge in [-0.1, -0.05) is 43.2 Å². The average molecular weight is 481 g/mol. The third kappa shape index (κ3) is 4.24. The number of halogens is 1. The summed E-state index contributed by atoms with van der Waals surface area (Å²) in [6, 6.07) is 0. The Hall–Kier alpha value is -2.74. The SMILES string of the molecule is C[C@H]1CC[C@H](Cn2c(C3CC3)nc3nc(-c4noc(=O)[nH]4)nc(C4=C[C@H](Cl)CCC=C4)c32)CC1. The molecule has 2 saturated carbocycles. The van der Waals surface area contributed by atoms with E-state index in [1.165, 1.54) is 25.7 Å². The number of fused-ring (bicyclic) bond motifs is 1. The van der Waals surface area contributed by atoms with E-state index in [9.17, 15) is 4.79 Å². The first kappa shape index (κ1) is 21.8. The topological polar surface area (TPSA) is 102 Å². The van der Waals surface area contributed by atoms with Gasteiger partial charge in [0.25, 0.3) is 0 Å². The summed E-state index contributed by atoms with van der Waals surface area (Å²) in [7, 11) is 0. The Morgan fingerprint density at radius 1 is 1.12 bits per heavy atom. The van der Waals surface area contributed by atoms with Crippen molar-refractivity contribution in [2.24, 2.45) is 11.8 Å². The van der Waals surface area contributed by atoms with Gasteiger partial charge in [-0.2, -0.15) is 0 Å². The van der Waals surface area contributed by atoms with E-state index in [2.05, 4.69) is 39.9 Å². The maximum Gasteiger partial charge on any atom is 0.439 e. The zero-order valence-corrected chi connectivity index (χ0v) is 20.1. The van der Waals surface area contributed by atoms with Crippen LogP contribution < -0.4 is 5.76 Å². The molecule has 0 spiro atoms. The van der Waals surface area contributed by atoms with E-state index in [4.69, 9.17) is 31.1 Å². The van der Waals surface area contributed by atoms with Gasteiger partial charge >= 0.3 is 5.76 Å². The summed E-state index contributed by atoms with van der Waals surface area (Å²) in [4.78, 5) is 28.8. The molecule has 0 radical (unpaired) electrons. The number of hydrogen-bond acceptors (Lipinski definition) is 6. The Labute approximate surface area is 202 Å². The molecule has 3 aromatic heterocycles. The van der Waals surface area contributed by atoms with Gasteiger partial charge in [-0.25, -0.2) is 19.7 Å². The Bertz CT molecular complexity index is 1320. The molecule has 0 bridgehead atoms. The Morgan fingerprint density at radius 3 is 2.68 bits per heavy atom. The maximum atomic E-state index is 11.6. The number of hydrogen-bond donors (Lipinski definition) is 1. The van der Waals surface area contributed by atoms with Crippen molar-refractivity contribution in [2.75, 3.05) is 0 Å². The van der Waals surface area contributed by atoms with Crippen molar-refractivity contribution in [3.8, 4) is 11.6 Å². The summed E-state index contributed by atoms with van der Waals surface area (Å²) < 4.78 is 7.11. The summed E-state index contributed by atoms with van der Waals surface area (Å²) in [5, 5.41) is 3.74. The minimum Gasteiger partial charge on any atom is -0.324 e. The van der Waals surface area contributed by atoms with Crippen LogP contribution in [0, 0.1) is 11.8 Å². The third-order valence-electron chi connectivity index (χ3n) is 7.34. The number of aromatic amines is 1. The second-order valence-corrected chi connectivity index (χ2v) is 10.7. The molecule has 9 heteroatoms. The molecule has 3 aliphatic carbocycles. The Kier molecular flexibility index (Phi) is 5.63. The number of nitrogens with zero attached hydrogens (tertiary/aromatic N) is 5. The van der Waals surface area contributed by atoms with Crippen LogP contribution in [0.1, 0.15) is 75.7 Å². The summed E-state index contributed by atoms with van der Waals surface area (Å²) in [5.41, 5.74) is 3.34. The zero-order valence-electron chi connectivity index (χ0n) is 19.3. The second-order valence-electron chi connectivity index (χ2n) is 10.1. The van der Waals surface area contributed by atoms with Crippen molar-refractivity contribution in [1.82, 2.24) is 29.7 Å². The van der Waals surface area contributed by atoms with E-state index >= 15 is 0 Å². The van der Waals surface area contributed by atoms with E-state index in [-0.39, 0.29) is 11.2 Å². The normalized spacial score (nSPS) is 25.5. The highest BCUT2D eigenvalue weighted by Gasteiger charge is 2.33. The smallest absolute Gasteiger partial charge is 0.324 e. The van der Waals surface area contributed by atoms with Crippen LogP contribution in [0.25, 0.3) is 28.4 Å².